The van der Waals surface area contributed by atoms with Gasteiger partial charge in [0.05, 0.1) is 17.3 Å². The van der Waals surface area contributed by atoms with Crippen LogP contribution in [0.2, 0.25) is 5.02 Å². The molecule has 0 amide bonds. The highest BCUT2D eigenvalue weighted by Crippen LogP contribution is 2.16. The lowest BCUT2D eigenvalue weighted by Crippen LogP contribution is -2.06. The lowest BCUT2D eigenvalue weighted by atomic mass is 10.2. The Labute approximate surface area is 105 Å². The number of halogens is 2. The first-order valence-electron chi connectivity index (χ1n) is 4.73. The van der Waals surface area contributed by atoms with Crippen LogP contribution in [0.4, 0.5) is 4.39 Å². The van der Waals surface area contributed by atoms with Crippen LogP contribution in [0, 0.1) is 5.82 Å². The molecule has 0 fully saturated rings. The predicted octanol–water partition coefficient (Wildman–Crippen LogP) is 1.86. The maximum Gasteiger partial charge on any atom is 0.221 e. The number of nitrogens with zero attached hydrogens (tertiary/aromatic N) is 3. The fraction of sp³-hybridized carbons (Fsp3) is 0.200. The molecule has 0 radical (unpaired) electrons. The minimum atomic E-state index is -1.26. The highest BCUT2D eigenvalue weighted by Gasteiger charge is 2.10. The van der Waals surface area contributed by atoms with E-state index < -0.39 is 10.8 Å². The zero-order valence-electron chi connectivity index (χ0n) is 8.93. The molecule has 1 heterocycles. The van der Waals surface area contributed by atoms with E-state index in [-0.39, 0.29) is 12.4 Å². The minimum Gasteiger partial charge on any atom is -0.302 e. The van der Waals surface area contributed by atoms with Crippen LogP contribution < -0.4 is 0 Å². The molecule has 90 valence electrons. The van der Waals surface area contributed by atoms with Crippen LogP contribution >= 0.6 is 11.6 Å². The van der Waals surface area contributed by atoms with Gasteiger partial charge in [-0.2, -0.15) is 0 Å². The molecule has 0 aliphatic rings. The van der Waals surface area contributed by atoms with Crippen molar-refractivity contribution in [1.82, 2.24) is 14.8 Å². The van der Waals surface area contributed by atoms with Crippen LogP contribution in [0.1, 0.15) is 5.56 Å². The van der Waals surface area contributed by atoms with Gasteiger partial charge in [0.15, 0.2) is 0 Å². The molecule has 0 aliphatic heterocycles. The van der Waals surface area contributed by atoms with Gasteiger partial charge < -0.3 is 4.57 Å². The van der Waals surface area contributed by atoms with Gasteiger partial charge in [0.2, 0.25) is 5.16 Å². The van der Waals surface area contributed by atoms with Crippen molar-refractivity contribution in [2.45, 2.75) is 11.7 Å². The number of hydrogen-bond acceptors (Lipinski definition) is 3. The van der Waals surface area contributed by atoms with Gasteiger partial charge in [-0.25, -0.2) is 4.39 Å². The molecule has 1 aromatic carbocycles. The van der Waals surface area contributed by atoms with Crippen LogP contribution in [-0.2, 0) is 17.3 Å². The van der Waals surface area contributed by atoms with E-state index in [0.29, 0.717) is 15.7 Å². The Bertz CT molecular complexity index is 572. The van der Waals surface area contributed by atoms with Crippen LogP contribution in [0.15, 0.2) is 29.7 Å². The van der Waals surface area contributed by atoms with Crippen molar-refractivity contribution in [3.8, 4) is 0 Å². The first kappa shape index (κ1) is 12.2. The Hall–Kier alpha value is -1.27. The van der Waals surface area contributed by atoms with E-state index in [1.165, 1.54) is 35.3 Å². The Morgan fingerprint density at radius 1 is 1.53 bits per heavy atom. The van der Waals surface area contributed by atoms with Gasteiger partial charge in [0.1, 0.15) is 12.1 Å². The molecule has 0 saturated heterocycles. The molecule has 0 aliphatic carbocycles. The van der Waals surface area contributed by atoms with Crippen molar-refractivity contribution in [3.05, 3.63) is 40.9 Å². The highest BCUT2D eigenvalue weighted by molar-refractivity contribution is 7.84. The summed E-state index contributed by atoms with van der Waals surface area (Å²) in [6.45, 7) is 0.203. The molecule has 4 nitrogen and oxygen atoms in total. The zero-order chi connectivity index (χ0) is 12.4. The molecule has 1 aromatic heterocycles. The van der Waals surface area contributed by atoms with Crippen molar-refractivity contribution in [3.63, 3.8) is 0 Å². The molecular weight excluding hydrogens is 265 g/mol. The zero-order valence-corrected chi connectivity index (χ0v) is 10.5. The number of hydrogen-bond donors (Lipinski definition) is 0. The van der Waals surface area contributed by atoms with Crippen molar-refractivity contribution in [2.75, 3.05) is 6.26 Å². The molecule has 2 aromatic rings. The van der Waals surface area contributed by atoms with Gasteiger partial charge in [-0.15, -0.1) is 10.2 Å². The van der Waals surface area contributed by atoms with Gasteiger partial charge in [-0.3, -0.25) is 4.21 Å². The second-order valence-electron chi connectivity index (χ2n) is 3.43. The van der Waals surface area contributed by atoms with E-state index in [0.717, 1.165) is 0 Å². The Morgan fingerprint density at radius 2 is 2.29 bits per heavy atom. The van der Waals surface area contributed by atoms with E-state index >= 15 is 0 Å². The minimum absolute atomic E-state index is 0.203. The molecule has 7 heteroatoms. The van der Waals surface area contributed by atoms with Gasteiger partial charge in [0.25, 0.3) is 0 Å². The van der Waals surface area contributed by atoms with Crippen LogP contribution in [0.3, 0.4) is 0 Å². The summed E-state index contributed by atoms with van der Waals surface area (Å²) in [5, 5.41) is 8.14. The van der Waals surface area contributed by atoms with E-state index in [2.05, 4.69) is 10.2 Å². The quantitative estimate of drug-likeness (QED) is 0.858. The fourth-order valence-corrected chi connectivity index (χ4v) is 2.22. The number of rotatable bonds is 3. The third kappa shape index (κ3) is 2.70. The number of benzene rings is 1. The van der Waals surface area contributed by atoms with Crippen molar-refractivity contribution in [2.24, 2.45) is 0 Å². The summed E-state index contributed by atoms with van der Waals surface area (Å²) in [6, 6.07) is 4.30. The van der Waals surface area contributed by atoms with E-state index in [1.807, 2.05) is 0 Å². The number of aromatic nitrogens is 3. The normalized spacial score (nSPS) is 12.6. The molecule has 2 rings (SSSR count). The van der Waals surface area contributed by atoms with Crippen molar-refractivity contribution < 1.29 is 8.60 Å². The summed E-state index contributed by atoms with van der Waals surface area (Å²) in [5.74, 6) is -0.365. The van der Waals surface area contributed by atoms with E-state index in [1.54, 1.807) is 0 Å². The van der Waals surface area contributed by atoms with Gasteiger partial charge in [-0.1, -0.05) is 11.6 Å². The standard InChI is InChI=1S/C10H9ClFN3OS/c1-17(16)10-14-13-6-15(10)5-7-4-8(11)2-3-9(7)12/h2-4,6H,5H2,1H3. The smallest absolute Gasteiger partial charge is 0.221 e. The molecule has 0 spiro atoms. The van der Waals surface area contributed by atoms with E-state index in [9.17, 15) is 8.60 Å². The lowest BCUT2D eigenvalue weighted by molar-refractivity contribution is 0.586. The summed E-state index contributed by atoms with van der Waals surface area (Å²) in [5.41, 5.74) is 0.406. The summed E-state index contributed by atoms with van der Waals surface area (Å²) in [7, 11) is -1.26. The Balaban J connectivity index is 2.34. The second-order valence-corrected chi connectivity index (χ2v) is 5.14. The first-order valence-corrected chi connectivity index (χ1v) is 6.66. The van der Waals surface area contributed by atoms with Crippen molar-refractivity contribution in [1.29, 1.82) is 0 Å². The monoisotopic (exact) mass is 273 g/mol. The topological polar surface area (TPSA) is 47.8 Å². The lowest BCUT2D eigenvalue weighted by Gasteiger charge is -2.06. The van der Waals surface area contributed by atoms with Gasteiger partial charge in [0, 0.05) is 16.8 Å². The highest BCUT2D eigenvalue weighted by atomic mass is 35.5. The molecule has 17 heavy (non-hydrogen) atoms. The Kier molecular flexibility index (Phi) is 3.54. The van der Waals surface area contributed by atoms with Gasteiger partial charge >= 0.3 is 0 Å². The first-order chi connectivity index (χ1) is 8.08. The summed E-state index contributed by atoms with van der Waals surface area (Å²) in [4.78, 5) is 0. The molecule has 1 atom stereocenters. The third-order valence-electron chi connectivity index (χ3n) is 2.19. The van der Waals surface area contributed by atoms with Crippen LogP contribution in [-0.4, -0.2) is 25.2 Å². The molecular formula is C10H9ClFN3OS. The van der Waals surface area contributed by atoms with Crippen LogP contribution in [0.25, 0.3) is 0 Å². The SMILES string of the molecule is CS(=O)c1nncn1Cc1cc(Cl)ccc1F. The average molecular weight is 274 g/mol. The summed E-state index contributed by atoms with van der Waals surface area (Å²) >= 11 is 5.79. The van der Waals surface area contributed by atoms with Gasteiger partial charge in [-0.05, 0) is 18.2 Å². The maximum absolute atomic E-state index is 13.5. The fourth-order valence-electron chi connectivity index (χ4n) is 1.42. The van der Waals surface area contributed by atoms with Crippen LogP contribution in [0.5, 0.6) is 0 Å². The molecule has 0 bridgehead atoms. The third-order valence-corrected chi connectivity index (χ3v) is 3.25. The summed E-state index contributed by atoms with van der Waals surface area (Å²) < 4.78 is 26.4. The van der Waals surface area contributed by atoms with Crippen molar-refractivity contribution >= 4 is 22.4 Å². The molecule has 0 N–H and O–H groups in total. The maximum atomic E-state index is 13.5. The van der Waals surface area contributed by atoms with E-state index in [4.69, 9.17) is 11.6 Å². The summed E-state index contributed by atoms with van der Waals surface area (Å²) in [6.07, 6.45) is 2.91. The molecule has 0 saturated carbocycles. The second kappa shape index (κ2) is 4.93. The predicted molar refractivity (Wildman–Crippen MR) is 62.9 cm³/mol. The average Bonchev–Trinajstić information content (AvgIpc) is 2.71. The Morgan fingerprint density at radius 3 is 3.00 bits per heavy atom. The molecule has 1 unspecified atom stereocenters. The largest absolute Gasteiger partial charge is 0.302 e.